The van der Waals surface area contributed by atoms with Gasteiger partial charge in [-0.15, -0.1) is 0 Å². The second kappa shape index (κ2) is 8.45. The highest BCUT2D eigenvalue weighted by Gasteiger charge is 2.41. The van der Waals surface area contributed by atoms with E-state index in [-0.39, 0.29) is 11.8 Å². The summed E-state index contributed by atoms with van der Waals surface area (Å²) in [6.45, 7) is 3.18. The van der Waals surface area contributed by atoms with Crippen molar-refractivity contribution >= 4 is 17.5 Å². The summed E-state index contributed by atoms with van der Waals surface area (Å²) in [6.07, 6.45) is 5.95. The van der Waals surface area contributed by atoms with Gasteiger partial charge in [-0.2, -0.15) is 0 Å². The average molecular weight is 431 g/mol. The van der Waals surface area contributed by atoms with E-state index in [9.17, 15) is 9.59 Å². The topological polar surface area (TPSA) is 74.6 Å². The molecule has 164 valence electrons. The zero-order chi connectivity index (χ0) is 22.1. The molecule has 0 aliphatic carbocycles. The molecule has 1 aromatic carbocycles. The maximum atomic E-state index is 13.8. The van der Waals surface area contributed by atoms with E-state index in [0.29, 0.717) is 31.6 Å². The fourth-order valence-electron chi connectivity index (χ4n) is 4.66. The van der Waals surface area contributed by atoms with E-state index in [1.54, 1.807) is 35.8 Å². The van der Waals surface area contributed by atoms with Crippen molar-refractivity contribution in [1.82, 2.24) is 24.3 Å². The number of anilines is 1. The summed E-state index contributed by atoms with van der Waals surface area (Å²) >= 11 is 0. The first-order chi connectivity index (χ1) is 15.6. The van der Waals surface area contributed by atoms with Crippen LogP contribution in [0.5, 0.6) is 0 Å². The Hall–Kier alpha value is -3.68. The van der Waals surface area contributed by atoms with E-state index in [4.69, 9.17) is 0 Å². The van der Waals surface area contributed by atoms with Crippen molar-refractivity contribution in [2.24, 2.45) is 7.05 Å². The first kappa shape index (κ1) is 20.2. The molecule has 2 aliphatic rings. The smallest absolute Gasteiger partial charge is 0.254 e. The number of imidazole rings is 1. The summed E-state index contributed by atoms with van der Waals surface area (Å²) < 4.78 is 1.88. The van der Waals surface area contributed by atoms with Gasteiger partial charge in [0.25, 0.3) is 11.8 Å². The van der Waals surface area contributed by atoms with Crippen LogP contribution in [0.15, 0.2) is 61.2 Å². The minimum atomic E-state index is -0.661. The summed E-state index contributed by atoms with van der Waals surface area (Å²) in [4.78, 5) is 41.6. The number of hydrogen-bond acceptors (Lipinski definition) is 5. The monoisotopic (exact) mass is 430 g/mol. The SMILES string of the molecule is Cn1cnc2c1[C@@H](C(=O)N1CCN(c3ccncc3)CC1)N(C(=O)c1ccccc1)CC2. The summed E-state index contributed by atoms with van der Waals surface area (Å²) in [5.74, 6) is -0.153. The van der Waals surface area contributed by atoms with Gasteiger partial charge in [0, 0.05) is 69.8 Å². The molecule has 0 saturated carbocycles. The van der Waals surface area contributed by atoms with Crippen LogP contribution in [0, 0.1) is 0 Å². The van der Waals surface area contributed by atoms with E-state index in [0.717, 1.165) is 30.2 Å². The van der Waals surface area contributed by atoms with Gasteiger partial charge < -0.3 is 19.3 Å². The Labute approximate surface area is 187 Å². The lowest BCUT2D eigenvalue weighted by Crippen LogP contribution is -2.54. The van der Waals surface area contributed by atoms with Gasteiger partial charge >= 0.3 is 0 Å². The van der Waals surface area contributed by atoms with Crippen molar-refractivity contribution in [3.63, 3.8) is 0 Å². The number of piperazine rings is 1. The zero-order valence-corrected chi connectivity index (χ0v) is 18.1. The lowest BCUT2D eigenvalue weighted by atomic mass is 9.99. The summed E-state index contributed by atoms with van der Waals surface area (Å²) in [5.41, 5.74) is 3.43. The normalized spacial score (nSPS) is 18.4. The third-order valence-corrected chi connectivity index (χ3v) is 6.36. The third kappa shape index (κ3) is 3.62. The van der Waals surface area contributed by atoms with Crippen LogP contribution in [0.4, 0.5) is 5.69 Å². The summed E-state index contributed by atoms with van der Waals surface area (Å²) in [6, 6.07) is 12.5. The fourth-order valence-corrected chi connectivity index (χ4v) is 4.66. The van der Waals surface area contributed by atoms with Crippen LogP contribution >= 0.6 is 0 Å². The molecule has 1 saturated heterocycles. The Bertz CT molecular complexity index is 1110. The van der Waals surface area contributed by atoms with E-state index in [1.807, 2.05) is 46.8 Å². The zero-order valence-electron chi connectivity index (χ0n) is 18.1. The number of pyridine rings is 1. The first-order valence-electron chi connectivity index (χ1n) is 10.9. The molecule has 5 rings (SSSR count). The number of amides is 2. The van der Waals surface area contributed by atoms with Crippen molar-refractivity contribution in [2.45, 2.75) is 12.5 Å². The maximum Gasteiger partial charge on any atom is 0.254 e. The molecule has 0 N–H and O–H groups in total. The number of fused-ring (bicyclic) bond motifs is 1. The van der Waals surface area contributed by atoms with Crippen LogP contribution in [0.2, 0.25) is 0 Å². The second-order valence-corrected chi connectivity index (χ2v) is 8.22. The molecule has 0 spiro atoms. The van der Waals surface area contributed by atoms with Crippen LogP contribution in [0.1, 0.15) is 27.8 Å². The number of nitrogens with zero attached hydrogens (tertiary/aromatic N) is 6. The minimum absolute atomic E-state index is 0.0341. The summed E-state index contributed by atoms with van der Waals surface area (Å²) in [7, 11) is 1.89. The van der Waals surface area contributed by atoms with Gasteiger partial charge in [0.1, 0.15) is 0 Å². The van der Waals surface area contributed by atoms with Crippen molar-refractivity contribution in [2.75, 3.05) is 37.6 Å². The minimum Gasteiger partial charge on any atom is -0.368 e. The molecule has 2 amide bonds. The van der Waals surface area contributed by atoms with Crippen molar-refractivity contribution in [1.29, 1.82) is 0 Å². The van der Waals surface area contributed by atoms with Gasteiger partial charge in [-0.25, -0.2) is 4.98 Å². The predicted molar refractivity (Wildman–Crippen MR) is 120 cm³/mol. The highest BCUT2D eigenvalue weighted by atomic mass is 16.2. The molecule has 3 aromatic rings. The molecular weight excluding hydrogens is 404 g/mol. The number of benzene rings is 1. The Kier molecular flexibility index (Phi) is 5.34. The number of hydrogen-bond donors (Lipinski definition) is 0. The fraction of sp³-hybridized carbons (Fsp3) is 0.333. The van der Waals surface area contributed by atoms with Gasteiger partial charge in [-0.3, -0.25) is 14.6 Å². The molecular formula is C24H26N6O2. The Morgan fingerprint density at radius 2 is 1.66 bits per heavy atom. The predicted octanol–water partition coefficient (Wildman–Crippen LogP) is 1.90. The van der Waals surface area contributed by atoms with Gasteiger partial charge in [0.05, 0.1) is 17.7 Å². The average Bonchev–Trinajstić information content (AvgIpc) is 3.24. The standard InChI is InChI=1S/C24H26N6O2/c1-27-17-26-20-9-12-30(23(31)18-5-3-2-4-6-18)22(21(20)27)24(32)29-15-13-28(14-16-29)19-7-10-25-11-8-19/h2-8,10-11,17,22H,9,12-16H2,1H3/t22-/m0/s1. The molecule has 1 fully saturated rings. The molecule has 2 aromatic heterocycles. The lowest BCUT2D eigenvalue weighted by Gasteiger charge is -2.41. The number of carbonyl (C=O) groups excluding carboxylic acids is 2. The highest BCUT2D eigenvalue weighted by molar-refractivity contribution is 5.98. The van der Waals surface area contributed by atoms with Crippen LogP contribution in [0.3, 0.4) is 0 Å². The van der Waals surface area contributed by atoms with Crippen LogP contribution in [-0.2, 0) is 18.3 Å². The van der Waals surface area contributed by atoms with E-state index < -0.39 is 6.04 Å². The van der Waals surface area contributed by atoms with E-state index >= 15 is 0 Å². The van der Waals surface area contributed by atoms with Crippen molar-refractivity contribution in [3.05, 3.63) is 78.1 Å². The number of aryl methyl sites for hydroxylation is 1. The van der Waals surface area contributed by atoms with Crippen LogP contribution in [-0.4, -0.2) is 68.9 Å². The molecule has 2 aliphatic heterocycles. The summed E-state index contributed by atoms with van der Waals surface area (Å²) in [5, 5.41) is 0. The van der Waals surface area contributed by atoms with Gasteiger partial charge in [0.15, 0.2) is 6.04 Å². The molecule has 0 unspecified atom stereocenters. The van der Waals surface area contributed by atoms with E-state index in [2.05, 4.69) is 14.9 Å². The molecule has 4 heterocycles. The van der Waals surface area contributed by atoms with Gasteiger partial charge in [-0.1, -0.05) is 18.2 Å². The molecule has 1 atom stereocenters. The molecule has 8 nitrogen and oxygen atoms in total. The molecule has 0 radical (unpaired) electrons. The Morgan fingerprint density at radius 3 is 2.38 bits per heavy atom. The van der Waals surface area contributed by atoms with Gasteiger partial charge in [-0.05, 0) is 24.3 Å². The quantitative estimate of drug-likeness (QED) is 0.635. The van der Waals surface area contributed by atoms with Crippen LogP contribution < -0.4 is 4.90 Å². The van der Waals surface area contributed by atoms with E-state index in [1.165, 1.54) is 0 Å². The van der Waals surface area contributed by atoms with Crippen LogP contribution in [0.25, 0.3) is 0 Å². The van der Waals surface area contributed by atoms with Gasteiger partial charge in [0.2, 0.25) is 0 Å². The number of aromatic nitrogens is 3. The largest absolute Gasteiger partial charge is 0.368 e. The Morgan fingerprint density at radius 1 is 0.938 bits per heavy atom. The first-order valence-corrected chi connectivity index (χ1v) is 10.9. The molecule has 32 heavy (non-hydrogen) atoms. The maximum absolute atomic E-state index is 13.8. The number of rotatable bonds is 3. The molecule has 0 bridgehead atoms. The Balaban J connectivity index is 1.40. The van der Waals surface area contributed by atoms with Crippen molar-refractivity contribution in [3.8, 4) is 0 Å². The third-order valence-electron chi connectivity index (χ3n) is 6.36. The van der Waals surface area contributed by atoms with Crippen molar-refractivity contribution < 1.29 is 9.59 Å². The molecule has 8 heteroatoms. The second-order valence-electron chi connectivity index (χ2n) is 8.22. The lowest BCUT2D eigenvalue weighted by molar-refractivity contribution is -0.137. The highest BCUT2D eigenvalue weighted by Crippen LogP contribution is 2.32. The number of carbonyl (C=O) groups is 2.